The SMILES string of the molecule is CC1C=CC(n2c(C(C)C)nc3c(c2=O)=CCC(O)C=3)=CC1. The van der Waals surface area contributed by atoms with Gasteiger partial charge in [0.15, 0.2) is 0 Å². The first kappa shape index (κ1) is 15.0. The van der Waals surface area contributed by atoms with Crippen LogP contribution in [0.25, 0.3) is 17.8 Å². The molecule has 0 spiro atoms. The van der Waals surface area contributed by atoms with Gasteiger partial charge in [-0.15, -0.1) is 0 Å². The summed E-state index contributed by atoms with van der Waals surface area (Å²) in [4.78, 5) is 17.6. The molecule has 1 aromatic rings. The highest BCUT2D eigenvalue weighted by Gasteiger charge is 2.17. The zero-order chi connectivity index (χ0) is 15.9. The minimum absolute atomic E-state index is 0.0395. The zero-order valence-electron chi connectivity index (χ0n) is 13.3. The summed E-state index contributed by atoms with van der Waals surface area (Å²) in [6, 6.07) is 0. The fourth-order valence-corrected chi connectivity index (χ4v) is 2.89. The number of hydrogen-bond acceptors (Lipinski definition) is 3. The molecule has 1 N–H and O–H groups in total. The molecule has 2 atom stereocenters. The minimum Gasteiger partial charge on any atom is -0.389 e. The molecule has 0 fully saturated rings. The molecule has 3 rings (SSSR count). The van der Waals surface area contributed by atoms with Gasteiger partial charge in [-0.2, -0.15) is 0 Å². The van der Waals surface area contributed by atoms with Crippen LogP contribution in [0, 0.1) is 5.92 Å². The summed E-state index contributed by atoms with van der Waals surface area (Å²) in [7, 11) is 0. The van der Waals surface area contributed by atoms with Gasteiger partial charge in [-0.1, -0.05) is 39.0 Å². The van der Waals surface area contributed by atoms with Gasteiger partial charge in [-0.3, -0.25) is 9.36 Å². The van der Waals surface area contributed by atoms with Crippen LogP contribution < -0.4 is 16.1 Å². The van der Waals surface area contributed by atoms with Crippen LogP contribution in [0.15, 0.2) is 23.0 Å². The summed E-state index contributed by atoms with van der Waals surface area (Å²) >= 11 is 0. The molecule has 2 unspecified atom stereocenters. The molecule has 0 aromatic carbocycles. The second-order valence-electron chi connectivity index (χ2n) is 6.44. The van der Waals surface area contributed by atoms with Crippen LogP contribution >= 0.6 is 0 Å². The Morgan fingerprint density at radius 1 is 1.32 bits per heavy atom. The van der Waals surface area contributed by atoms with Crippen molar-refractivity contribution in [2.45, 2.75) is 45.6 Å². The molecule has 0 amide bonds. The van der Waals surface area contributed by atoms with Gasteiger partial charge >= 0.3 is 0 Å². The van der Waals surface area contributed by atoms with Crippen LogP contribution in [0.5, 0.6) is 0 Å². The van der Waals surface area contributed by atoms with E-state index >= 15 is 0 Å². The maximum atomic E-state index is 12.9. The molecule has 22 heavy (non-hydrogen) atoms. The normalized spacial score (nSPS) is 23.6. The molecular formula is C18H22N2O2. The Morgan fingerprint density at radius 3 is 2.73 bits per heavy atom. The van der Waals surface area contributed by atoms with Crippen molar-refractivity contribution in [3.63, 3.8) is 0 Å². The van der Waals surface area contributed by atoms with Crippen LogP contribution in [0.1, 0.15) is 45.4 Å². The topological polar surface area (TPSA) is 55.1 Å². The molecule has 1 aromatic heterocycles. The zero-order valence-corrected chi connectivity index (χ0v) is 13.3. The second kappa shape index (κ2) is 5.69. The number of aliphatic hydroxyl groups is 1. The number of aromatic nitrogens is 2. The average Bonchev–Trinajstić information content (AvgIpc) is 2.48. The highest BCUT2D eigenvalue weighted by Crippen LogP contribution is 2.20. The third-order valence-corrected chi connectivity index (χ3v) is 4.16. The Hall–Kier alpha value is -1.94. The lowest BCUT2D eigenvalue weighted by molar-refractivity contribution is 0.244. The van der Waals surface area contributed by atoms with Gasteiger partial charge in [0, 0.05) is 11.6 Å². The summed E-state index contributed by atoms with van der Waals surface area (Å²) in [6.07, 6.45) is 10.6. The standard InChI is InChI=1S/C18H22N2O2/c1-11(2)17-19-16-10-14(21)8-9-15(16)18(22)20(17)13-6-4-12(3)5-7-13/h4,6-7,9-12,14,21H,5,8H2,1-3H3. The lowest BCUT2D eigenvalue weighted by Crippen LogP contribution is -2.50. The number of nitrogens with zero attached hydrogens (tertiary/aromatic N) is 2. The van der Waals surface area contributed by atoms with E-state index < -0.39 is 6.10 Å². The van der Waals surface area contributed by atoms with Crippen molar-refractivity contribution in [1.29, 1.82) is 0 Å². The van der Waals surface area contributed by atoms with Gasteiger partial charge in [-0.25, -0.2) is 4.98 Å². The molecule has 116 valence electrons. The Morgan fingerprint density at radius 2 is 2.09 bits per heavy atom. The van der Waals surface area contributed by atoms with Gasteiger partial charge in [0.05, 0.1) is 16.7 Å². The molecule has 0 radical (unpaired) electrons. The monoisotopic (exact) mass is 298 g/mol. The van der Waals surface area contributed by atoms with Crippen LogP contribution in [0.4, 0.5) is 0 Å². The number of rotatable bonds is 2. The van der Waals surface area contributed by atoms with E-state index in [1.165, 1.54) is 0 Å². The van der Waals surface area contributed by atoms with E-state index in [0.717, 1.165) is 17.9 Å². The summed E-state index contributed by atoms with van der Waals surface area (Å²) in [5, 5.41) is 11.0. The van der Waals surface area contributed by atoms with E-state index in [9.17, 15) is 9.90 Å². The van der Waals surface area contributed by atoms with Crippen LogP contribution in [0.3, 0.4) is 0 Å². The first-order chi connectivity index (χ1) is 10.5. The van der Waals surface area contributed by atoms with Crippen molar-refractivity contribution >= 4 is 17.8 Å². The summed E-state index contributed by atoms with van der Waals surface area (Å²) in [5.74, 6) is 1.37. The van der Waals surface area contributed by atoms with Crippen molar-refractivity contribution in [3.8, 4) is 0 Å². The van der Waals surface area contributed by atoms with E-state index in [-0.39, 0.29) is 11.5 Å². The predicted molar refractivity (Wildman–Crippen MR) is 88.6 cm³/mol. The second-order valence-corrected chi connectivity index (χ2v) is 6.44. The highest BCUT2D eigenvalue weighted by atomic mass is 16.3. The lowest BCUT2D eigenvalue weighted by Gasteiger charge is -2.20. The fraction of sp³-hybridized carbons (Fsp3) is 0.444. The summed E-state index contributed by atoms with van der Waals surface area (Å²) < 4.78 is 1.73. The number of fused-ring (bicyclic) bond motifs is 1. The molecule has 0 saturated carbocycles. The first-order valence-electron chi connectivity index (χ1n) is 7.89. The van der Waals surface area contributed by atoms with E-state index in [0.29, 0.717) is 22.9 Å². The first-order valence-corrected chi connectivity index (χ1v) is 7.89. The van der Waals surface area contributed by atoms with Gasteiger partial charge in [0.2, 0.25) is 0 Å². The van der Waals surface area contributed by atoms with Gasteiger partial charge in [-0.05, 0) is 30.9 Å². The third-order valence-electron chi connectivity index (χ3n) is 4.16. The Bertz CT molecular complexity index is 828. The quantitative estimate of drug-likeness (QED) is 0.890. The summed E-state index contributed by atoms with van der Waals surface area (Å²) in [5.41, 5.74) is 0.865. The van der Waals surface area contributed by atoms with E-state index in [2.05, 4.69) is 24.1 Å². The minimum atomic E-state index is -0.551. The molecule has 4 heteroatoms. The maximum absolute atomic E-state index is 12.9. The predicted octanol–water partition coefficient (Wildman–Crippen LogP) is 1.13. The average molecular weight is 298 g/mol. The van der Waals surface area contributed by atoms with Crippen LogP contribution in [0.2, 0.25) is 0 Å². The molecule has 0 saturated heterocycles. The van der Waals surface area contributed by atoms with Gasteiger partial charge in [0.25, 0.3) is 5.56 Å². The van der Waals surface area contributed by atoms with E-state index in [4.69, 9.17) is 0 Å². The van der Waals surface area contributed by atoms with Crippen molar-refractivity contribution in [1.82, 2.24) is 9.55 Å². The molecule has 0 bridgehead atoms. The maximum Gasteiger partial charge on any atom is 0.265 e. The van der Waals surface area contributed by atoms with Crippen LogP contribution in [-0.4, -0.2) is 20.8 Å². The number of aliphatic hydroxyl groups excluding tert-OH is 1. The molecule has 2 aliphatic rings. The third kappa shape index (κ3) is 2.59. The van der Waals surface area contributed by atoms with E-state index in [1.807, 2.05) is 19.9 Å². The molecule has 4 nitrogen and oxygen atoms in total. The summed E-state index contributed by atoms with van der Waals surface area (Å²) in [6.45, 7) is 6.22. The van der Waals surface area contributed by atoms with Crippen molar-refractivity contribution in [2.24, 2.45) is 5.92 Å². The van der Waals surface area contributed by atoms with Crippen molar-refractivity contribution in [2.75, 3.05) is 0 Å². The van der Waals surface area contributed by atoms with Crippen molar-refractivity contribution < 1.29 is 5.11 Å². The Labute approximate surface area is 129 Å². The number of allylic oxidation sites excluding steroid dienone is 4. The number of hydrogen-bond donors (Lipinski definition) is 1. The van der Waals surface area contributed by atoms with Crippen LogP contribution in [-0.2, 0) is 0 Å². The molecule has 1 heterocycles. The Kier molecular flexibility index (Phi) is 3.87. The fourth-order valence-electron chi connectivity index (χ4n) is 2.89. The molecule has 2 aliphatic carbocycles. The molecular weight excluding hydrogens is 276 g/mol. The smallest absolute Gasteiger partial charge is 0.265 e. The highest BCUT2D eigenvalue weighted by molar-refractivity contribution is 5.59. The van der Waals surface area contributed by atoms with Gasteiger partial charge in [0.1, 0.15) is 5.82 Å². The van der Waals surface area contributed by atoms with Gasteiger partial charge < -0.3 is 5.11 Å². The lowest BCUT2D eigenvalue weighted by atomic mass is 10.0. The molecule has 0 aliphatic heterocycles. The Balaban J connectivity index is 2.29. The van der Waals surface area contributed by atoms with E-state index in [1.54, 1.807) is 16.7 Å². The van der Waals surface area contributed by atoms with Crippen molar-refractivity contribution in [3.05, 3.63) is 45.0 Å². The largest absolute Gasteiger partial charge is 0.389 e.